The van der Waals surface area contributed by atoms with Gasteiger partial charge in [-0.3, -0.25) is 0 Å². The van der Waals surface area contributed by atoms with E-state index in [1.54, 1.807) is 4.90 Å². The molecule has 1 amide bonds. The molecule has 0 radical (unpaired) electrons. The monoisotopic (exact) mass is 311 g/mol. The van der Waals surface area contributed by atoms with Crippen molar-refractivity contribution in [2.75, 3.05) is 13.1 Å². The highest BCUT2D eigenvalue weighted by Crippen LogP contribution is 2.33. The van der Waals surface area contributed by atoms with Gasteiger partial charge in [0.25, 0.3) is 0 Å². The molecule has 1 fully saturated rings. The van der Waals surface area contributed by atoms with E-state index in [2.05, 4.69) is 0 Å². The second-order valence-corrected chi connectivity index (χ2v) is 6.82. The number of nitrogens with zero attached hydrogens (tertiary/aromatic N) is 1. The smallest absolute Gasteiger partial charge is 0.410 e. The highest BCUT2D eigenvalue weighted by Gasteiger charge is 2.33. The molecular formula is C16H22ClNO3. The Labute approximate surface area is 130 Å². The van der Waals surface area contributed by atoms with Gasteiger partial charge in [-0.1, -0.05) is 29.8 Å². The van der Waals surface area contributed by atoms with Crippen LogP contribution in [0.25, 0.3) is 0 Å². The minimum Gasteiger partial charge on any atom is -0.444 e. The van der Waals surface area contributed by atoms with Crippen molar-refractivity contribution in [1.29, 1.82) is 0 Å². The SMILES string of the molecule is CC(C)(C)OC(=O)N1CC[C@H](c2ccccc2Cl)[C@H](O)C1. The van der Waals surface area contributed by atoms with Crippen molar-refractivity contribution in [3.05, 3.63) is 34.9 Å². The molecule has 0 aliphatic carbocycles. The van der Waals surface area contributed by atoms with Crippen molar-refractivity contribution in [3.63, 3.8) is 0 Å². The van der Waals surface area contributed by atoms with Crippen molar-refractivity contribution in [2.24, 2.45) is 0 Å². The summed E-state index contributed by atoms with van der Waals surface area (Å²) in [6, 6.07) is 7.53. The highest BCUT2D eigenvalue weighted by molar-refractivity contribution is 6.31. The maximum Gasteiger partial charge on any atom is 0.410 e. The lowest BCUT2D eigenvalue weighted by Gasteiger charge is -2.37. The third kappa shape index (κ3) is 4.11. The molecule has 5 heteroatoms. The van der Waals surface area contributed by atoms with Crippen molar-refractivity contribution >= 4 is 17.7 Å². The molecule has 1 N–H and O–H groups in total. The van der Waals surface area contributed by atoms with Crippen LogP contribution in [0.15, 0.2) is 24.3 Å². The number of aliphatic hydroxyl groups excluding tert-OH is 1. The maximum atomic E-state index is 12.0. The molecule has 0 saturated carbocycles. The van der Waals surface area contributed by atoms with E-state index >= 15 is 0 Å². The molecule has 0 bridgehead atoms. The summed E-state index contributed by atoms with van der Waals surface area (Å²) in [6.45, 7) is 6.32. The number of piperidine rings is 1. The van der Waals surface area contributed by atoms with E-state index in [9.17, 15) is 9.90 Å². The van der Waals surface area contributed by atoms with Crippen molar-refractivity contribution < 1.29 is 14.6 Å². The van der Waals surface area contributed by atoms with Crippen LogP contribution in [0.2, 0.25) is 5.02 Å². The Morgan fingerprint density at radius 1 is 1.38 bits per heavy atom. The van der Waals surface area contributed by atoms with Gasteiger partial charge in [0.05, 0.1) is 12.6 Å². The molecule has 1 aromatic carbocycles. The van der Waals surface area contributed by atoms with Gasteiger partial charge in [-0.15, -0.1) is 0 Å². The number of hydrogen-bond donors (Lipinski definition) is 1. The largest absolute Gasteiger partial charge is 0.444 e. The number of carbonyl (C=O) groups is 1. The Morgan fingerprint density at radius 3 is 2.62 bits per heavy atom. The molecule has 2 atom stereocenters. The Bertz CT molecular complexity index is 512. The minimum absolute atomic E-state index is 0.0441. The van der Waals surface area contributed by atoms with Gasteiger partial charge in [-0.05, 0) is 38.8 Å². The molecule has 0 unspecified atom stereocenters. The Balaban J connectivity index is 2.03. The van der Waals surface area contributed by atoms with Crippen LogP contribution >= 0.6 is 11.6 Å². The molecule has 1 aliphatic heterocycles. The molecule has 1 heterocycles. The zero-order valence-electron chi connectivity index (χ0n) is 12.7. The van der Waals surface area contributed by atoms with Crippen LogP contribution in [0.4, 0.5) is 4.79 Å². The molecule has 1 saturated heterocycles. The van der Waals surface area contributed by atoms with E-state index in [4.69, 9.17) is 16.3 Å². The van der Waals surface area contributed by atoms with Gasteiger partial charge < -0.3 is 14.7 Å². The number of benzene rings is 1. The number of amides is 1. The first-order valence-corrected chi connectivity index (χ1v) is 7.56. The summed E-state index contributed by atoms with van der Waals surface area (Å²) >= 11 is 6.19. The van der Waals surface area contributed by atoms with E-state index in [0.717, 1.165) is 5.56 Å². The predicted molar refractivity (Wildman–Crippen MR) is 82.6 cm³/mol. The Kier molecular flexibility index (Phi) is 4.79. The highest BCUT2D eigenvalue weighted by atomic mass is 35.5. The van der Waals surface area contributed by atoms with Gasteiger partial charge in [0, 0.05) is 17.5 Å². The second kappa shape index (κ2) is 6.24. The lowest BCUT2D eigenvalue weighted by atomic mass is 9.87. The van der Waals surface area contributed by atoms with Gasteiger partial charge >= 0.3 is 6.09 Å². The molecule has 0 spiro atoms. The molecule has 116 valence electrons. The van der Waals surface area contributed by atoms with E-state index in [0.29, 0.717) is 18.0 Å². The standard InChI is InChI=1S/C16H22ClNO3/c1-16(2,3)21-15(20)18-9-8-12(14(19)10-18)11-6-4-5-7-13(11)17/h4-7,12,14,19H,8-10H2,1-3H3/t12-,14-/m1/s1. The van der Waals surface area contributed by atoms with Crippen LogP contribution in [0.1, 0.15) is 38.7 Å². The summed E-state index contributed by atoms with van der Waals surface area (Å²) in [5, 5.41) is 11.0. The average Bonchev–Trinajstić information content (AvgIpc) is 2.38. The average molecular weight is 312 g/mol. The van der Waals surface area contributed by atoms with Crippen molar-refractivity contribution in [3.8, 4) is 0 Å². The number of carbonyl (C=O) groups excluding carboxylic acids is 1. The molecule has 21 heavy (non-hydrogen) atoms. The summed E-state index contributed by atoms with van der Waals surface area (Å²) in [5.74, 6) is -0.0441. The summed E-state index contributed by atoms with van der Waals surface area (Å²) in [6.07, 6.45) is -0.338. The summed E-state index contributed by atoms with van der Waals surface area (Å²) < 4.78 is 5.34. The number of rotatable bonds is 1. The summed E-state index contributed by atoms with van der Waals surface area (Å²) in [5.41, 5.74) is 0.414. The number of ether oxygens (including phenoxy) is 1. The molecule has 2 rings (SSSR count). The van der Waals surface area contributed by atoms with Crippen LogP contribution in [0.5, 0.6) is 0 Å². The van der Waals surface area contributed by atoms with Crippen molar-refractivity contribution in [2.45, 2.75) is 44.8 Å². The fourth-order valence-electron chi connectivity index (χ4n) is 2.56. The first-order chi connectivity index (χ1) is 9.78. The van der Waals surface area contributed by atoms with E-state index in [1.807, 2.05) is 45.0 Å². The van der Waals surface area contributed by atoms with Gasteiger partial charge in [0.15, 0.2) is 0 Å². The topological polar surface area (TPSA) is 49.8 Å². The van der Waals surface area contributed by atoms with Crippen LogP contribution in [0.3, 0.4) is 0 Å². The number of β-amino-alcohol motifs (C(OH)–C–C–N with tert-alkyl or cyclic N) is 1. The van der Waals surface area contributed by atoms with Gasteiger partial charge in [-0.25, -0.2) is 4.79 Å². The predicted octanol–water partition coefficient (Wildman–Crippen LogP) is 3.43. The lowest BCUT2D eigenvalue weighted by molar-refractivity contribution is -0.00150. The first kappa shape index (κ1) is 16.1. The quantitative estimate of drug-likeness (QED) is 0.864. The summed E-state index contributed by atoms with van der Waals surface area (Å²) in [7, 11) is 0. The molecule has 1 aromatic rings. The zero-order chi connectivity index (χ0) is 15.6. The third-order valence-electron chi connectivity index (χ3n) is 3.54. The number of likely N-dealkylation sites (tertiary alicyclic amines) is 1. The Hall–Kier alpha value is -1.26. The second-order valence-electron chi connectivity index (χ2n) is 6.41. The van der Waals surface area contributed by atoms with Crippen LogP contribution < -0.4 is 0 Å². The number of hydrogen-bond acceptors (Lipinski definition) is 3. The summed E-state index contributed by atoms with van der Waals surface area (Å²) in [4.78, 5) is 13.6. The van der Waals surface area contributed by atoms with Crippen molar-refractivity contribution in [1.82, 2.24) is 4.90 Å². The lowest BCUT2D eigenvalue weighted by Crippen LogP contribution is -2.47. The first-order valence-electron chi connectivity index (χ1n) is 7.18. The van der Waals surface area contributed by atoms with E-state index in [-0.39, 0.29) is 18.6 Å². The number of aliphatic hydroxyl groups is 1. The van der Waals surface area contributed by atoms with E-state index < -0.39 is 11.7 Å². The van der Waals surface area contributed by atoms with Gasteiger partial charge in [0.2, 0.25) is 0 Å². The maximum absolute atomic E-state index is 12.0. The molecule has 1 aliphatic rings. The third-order valence-corrected chi connectivity index (χ3v) is 3.88. The van der Waals surface area contributed by atoms with Crippen LogP contribution in [-0.4, -0.2) is 40.9 Å². The fourth-order valence-corrected chi connectivity index (χ4v) is 2.84. The van der Waals surface area contributed by atoms with Gasteiger partial charge in [-0.2, -0.15) is 0 Å². The normalized spacial score (nSPS) is 23.0. The zero-order valence-corrected chi connectivity index (χ0v) is 13.4. The molecular weight excluding hydrogens is 290 g/mol. The van der Waals surface area contributed by atoms with Gasteiger partial charge in [0.1, 0.15) is 5.60 Å². The molecule has 4 nitrogen and oxygen atoms in total. The minimum atomic E-state index is -0.633. The fraction of sp³-hybridized carbons (Fsp3) is 0.562. The van der Waals surface area contributed by atoms with Crippen LogP contribution in [-0.2, 0) is 4.74 Å². The van der Waals surface area contributed by atoms with E-state index in [1.165, 1.54) is 0 Å². The Morgan fingerprint density at radius 2 is 2.05 bits per heavy atom. The van der Waals surface area contributed by atoms with Crippen LogP contribution in [0, 0.1) is 0 Å². The molecule has 0 aromatic heterocycles. The number of halogens is 1.